The van der Waals surface area contributed by atoms with Crippen LogP contribution in [0.15, 0.2) is 47.6 Å². The summed E-state index contributed by atoms with van der Waals surface area (Å²) in [6.07, 6.45) is 40.1. The van der Waals surface area contributed by atoms with Crippen LogP contribution in [0.3, 0.4) is 0 Å². The molecule has 8 aliphatic rings. The van der Waals surface area contributed by atoms with Gasteiger partial charge in [0.1, 0.15) is 23.7 Å². The van der Waals surface area contributed by atoms with Gasteiger partial charge in [-0.25, -0.2) is 0 Å². The van der Waals surface area contributed by atoms with Crippen LogP contribution in [0.25, 0.3) is 0 Å². The predicted molar refractivity (Wildman–Crippen MR) is 320 cm³/mol. The van der Waals surface area contributed by atoms with E-state index in [1.54, 1.807) is 11.1 Å². The lowest BCUT2D eigenvalue weighted by Gasteiger charge is -2.58. The average Bonchev–Trinajstić information content (AvgIpc) is 3.99. The minimum absolute atomic E-state index is 0.0256. The molecule has 1 aromatic carbocycles. The van der Waals surface area contributed by atoms with E-state index in [4.69, 9.17) is 18.9 Å². The summed E-state index contributed by atoms with van der Waals surface area (Å²) >= 11 is 0. The Morgan fingerprint density at radius 1 is 0.474 bits per heavy atom. The van der Waals surface area contributed by atoms with E-state index in [2.05, 4.69) is 81.4 Å². The number of unbranched alkanes of at least 4 members (excludes halogenated alkanes) is 4. The minimum atomic E-state index is -0.0256. The Kier molecular flexibility index (Phi) is 20.1. The van der Waals surface area contributed by atoms with Gasteiger partial charge in [0, 0.05) is 25.7 Å². The Bertz CT molecular complexity index is 2020. The van der Waals surface area contributed by atoms with Crippen LogP contribution in [0.4, 0.5) is 0 Å². The maximum Gasteiger partial charge on any atom is 0.306 e. The minimum Gasteiger partial charge on any atom is -0.494 e. The first-order valence-electron chi connectivity index (χ1n) is 33.5. The molecule has 0 N–H and O–H groups in total. The largest absolute Gasteiger partial charge is 0.494 e. The maximum absolute atomic E-state index is 13.1. The molecule has 0 unspecified atom stereocenters. The number of rotatable bonds is 26. The first-order valence-corrected chi connectivity index (χ1v) is 33.5. The first kappa shape index (κ1) is 59.8. The summed E-state index contributed by atoms with van der Waals surface area (Å²) in [5.41, 5.74) is 4.80. The Morgan fingerprint density at radius 3 is 1.28 bits per heavy atom. The van der Waals surface area contributed by atoms with Gasteiger partial charge in [-0.3, -0.25) is 9.59 Å². The number of allylic oxidation sites excluding steroid dienone is 2. The van der Waals surface area contributed by atoms with E-state index in [0.717, 1.165) is 147 Å². The van der Waals surface area contributed by atoms with Crippen LogP contribution in [0.1, 0.15) is 262 Å². The number of carbonyl (C=O) groups excluding carboxylic acids is 2. The summed E-state index contributed by atoms with van der Waals surface area (Å²) in [4.78, 5) is 26.1. The third-order valence-corrected chi connectivity index (χ3v) is 24.5. The third kappa shape index (κ3) is 13.3. The zero-order valence-electron chi connectivity index (χ0n) is 51.6. The van der Waals surface area contributed by atoms with Crippen LogP contribution in [0, 0.1) is 92.7 Å². The molecule has 6 heteroatoms. The molecule has 78 heavy (non-hydrogen) atoms. The van der Waals surface area contributed by atoms with Crippen LogP contribution in [-0.2, 0) is 19.1 Å². The number of benzene rings is 1. The van der Waals surface area contributed by atoms with Crippen molar-refractivity contribution in [3.8, 4) is 11.5 Å². The lowest BCUT2D eigenvalue weighted by Crippen LogP contribution is -2.51. The number of fused-ring (bicyclic) bond motifs is 10. The molecule has 0 amide bonds. The molecule has 6 nitrogen and oxygen atoms in total. The van der Waals surface area contributed by atoms with Gasteiger partial charge < -0.3 is 18.9 Å². The van der Waals surface area contributed by atoms with Gasteiger partial charge in [0.2, 0.25) is 0 Å². The number of hydrogen-bond acceptors (Lipinski definition) is 6. The van der Waals surface area contributed by atoms with Crippen molar-refractivity contribution in [3.05, 3.63) is 47.6 Å². The van der Waals surface area contributed by atoms with Crippen LogP contribution in [0.2, 0.25) is 0 Å². The third-order valence-electron chi connectivity index (χ3n) is 24.5. The van der Waals surface area contributed by atoms with E-state index in [9.17, 15) is 9.59 Å². The number of carbonyl (C=O) groups is 2. The van der Waals surface area contributed by atoms with Crippen LogP contribution in [0.5, 0.6) is 11.5 Å². The molecular formula is C72H114O6. The Morgan fingerprint density at radius 2 is 0.885 bits per heavy atom. The maximum atomic E-state index is 13.1. The Balaban J connectivity index is 0.599. The van der Waals surface area contributed by atoms with Crippen molar-refractivity contribution in [1.82, 2.24) is 0 Å². The summed E-state index contributed by atoms with van der Waals surface area (Å²) in [6, 6.07) is 7.92. The SMILES string of the molecule is CC(C)CCC[C@@H](C)[C@H]1CC[C@H]2[C@@H]3CC=C4C[C@@H](OC(=O)CCCCCOc5ccc(OCCCCCC(=O)O[C@H]6CC[C@@]7(C)C(=CC[C@H]8[C@@H]9CC[C@H]([C@H](C)CCCC(C)C)[C@@]9(C)CC[C@@H]87)C6)cc5)CC[C@]4(C)[C@H]3CC[C@]12C. The highest BCUT2D eigenvalue weighted by Gasteiger charge is 2.61. The first-order chi connectivity index (χ1) is 37.4. The Labute approximate surface area is 477 Å². The molecule has 6 saturated carbocycles. The van der Waals surface area contributed by atoms with Crippen LogP contribution < -0.4 is 9.47 Å². The normalized spacial score (nSPS) is 36.7. The van der Waals surface area contributed by atoms with Crippen molar-refractivity contribution in [3.63, 3.8) is 0 Å². The van der Waals surface area contributed by atoms with Gasteiger partial charge in [-0.05, 0) is 245 Å². The fraction of sp³-hybridized carbons (Fsp3) is 0.833. The summed E-state index contributed by atoms with van der Waals surface area (Å²) in [5, 5.41) is 0. The van der Waals surface area contributed by atoms with Crippen molar-refractivity contribution in [2.24, 2.45) is 92.7 Å². The molecule has 0 heterocycles. The highest BCUT2D eigenvalue weighted by atomic mass is 16.5. The molecule has 0 spiro atoms. The smallest absolute Gasteiger partial charge is 0.306 e. The molecule has 0 saturated heterocycles. The summed E-state index contributed by atoms with van der Waals surface area (Å²) in [6.45, 7) is 26.5. The van der Waals surface area contributed by atoms with Crippen molar-refractivity contribution in [2.45, 2.75) is 274 Å². The highest BCUT2D eigenvalue weighted by Crippen LogP contribution is 2.69. The topological polar surface area (TPSA) is 71.1 Å². The molecule has 1 aromatic rings. The van der Waals surface area contributed by atoms with Crippen LogP contribution in [-0.4, -0.2) is 37.4 Å². The second kappa shape index (κ2) is 26.2. The van der Waals surface area contributed by atoms with Gasteiger partial charge in [-0.2, -0.15) is 0 Å². The van der Waals surface area contributed by atoms with Crippen LogP contribution >= 0.6 is 0 Å². The van der Waals surface area contributed by atoms with Gasteiger partial charge in [0.05, 0.1) is 13.2 Å². The van der Waals surface area contributed by atoms with Gasteiger partial charge >= 0.3 is 11.9 Å². The average molecular weight is 1080 g/mol. The van der Waals surface area contributed by atoms with E-state index in [0.29, 0.717) is 36.9 Å². The molecule has 0 aromatic heterocycles. The summed E-state index contributed by atoms with van der Waals surface area (Å²) in [7, 11) is 0. The fourth-order valence-corrected chi connectivity index (χ4v) is 20.1. The summed E-state index contributed by atoms with van der Waals surface area (Å²) in [5.74, 6) is 11.8. The van der Waals surface area contributed by atoms with Gasteiger partial charge in [-0.15, -0.1) is 0 Å². The quantitative estimate of drug-likeness (QED) is 0.0523. The molecular weight excluding hydrogens is 961 g/mol. The second-order valence-corrected chi connectivity index (χ2v) is 30.1. The van der Waals surface area contributed by atoms with Crippen molar-refractivity contribution in [1.29, 1.82) is 0 Å². The van der Waals surface area contributed by atoms with E-state index in [1.807, 2.05) is 24.3 Å². The van der Waals surface area contributed by atoms with Gasteiger partial charge in [0.15, 0.2) is 0 Å². The fourth-order valence-electron chi connectivity index (χ4n) is 20.1. The molecule has 0 radical (unpaired) electrons. The number of hydrogen-bond donors (Lipinski definition) is 0. The van der Waals surface area contributed by atoms with Crippen molar-refractivity contribution < 1.29 is 28.5 Å². The van der Waals surface area contributed by atoms with E-state index < -0.39 is 0 Å². The zero-order valence-corrected chi connectivity index (χ0v) is 51.6. The zero-order chi connectivity index (χ0) is 55.2. The highest BCUT2D eigenvalue weighted by molar-refractivity contribution is 5.70. The van der Waals surface area contributed by atoms with Gasteiger partial charge in [0.25, 0.3) is 0 Å². The number of ether oxygens (including phenoxy) is 4. The summed E-state index contributed by atoms with van der Waals surface area (Å²) < 4.78 is 24.5. The van der Waals surface area contributed by atoms with E-state index in [1.165, 1.54) is 116 Å². The standard InChI is InChI=1S/C72H114O6/c1-49(2)19-17-21-51(5)61-33-35-63-59-31-25-53-47-57(37-41-69(53,7)65(59)39-43-71(61,63)9)77-67(73)23-13-11-15-45-75-55-27-29-56(30-28-55)76-46-16-12-14-24-68(74)78-58-38-42-70(8)54(48-58)26-32-60-64-36-34-62(52(6)22-18-20-50(3)4)72(64,10)44-40-66(60)70/h25-30,49-52,57-66H,11-24,31-48H2,1-10H3/t51-,52-,57+,58+,59+,60+,61-,62-,63+,64+,65+,66+,69+,70+,71-,72-/m1/s1. The van der Waals surface area contributed by atoms with Crippen molar-refractivity contribution in [2.75, 3.05) is 13.2 Å². The molecule has 6 fully saturated rings. The van der Waals surface area contributed by atoms with Gasteiger partial charge in [-0.1, -0.05) is 131 Å². The van der Waals surface area contributed by atoms with Crippen molar-refractivity contribution >= 4 is 11.9 Å². The molecule has 9 rings (SSSR count). The molecule has 438 valence electrons. The predicted octanol–water partition coefficient (Wildman–Crippen LogP) is 19.5. The Hall–Kier alpha value is -2.76. The lowest BCUT2D eigenvalue weighted by molar-refractivity contribution is -0.152. The molecule has 16 atom stereocenters. The second-order valence-electron chi connectivity index (χ2n) is 30.1. The monoisotopic (exact) mass is 1070 g/mol. The van der Waals surface area contributed by atoms with E-state index in [-0.39, 0.29) is 35.0 Å². The molecule has 0 aliphatic heterocycles. The number of esters is 2. The molecule has 0 bridgehead atoms. The lowest BCUT2D eigenvalue weighted by atomic mass is 9.47. The molecule has 8 aliphatic carbocycles. The van der Waals surface area contributed by atoms with E-state index >= 15 is 0 Å².